The van der Waals surface area contributed by atoms with Crippen LogP contribution in [0.2, 0.25) is 5.15 Å². The van der Waals surface area contributed by atoms with E-state index in [0.29, 0.717) is 23.2 Å². The quantitative estimate of drug-likeness (QED) is 0.834. The highest BCUT2D eigenvalue weighted by Gasteiger charge is 2.00. The maximum Gasteiger partial charge on any atom is 0.238 e. The number of aromatic nitrogens is 2. The number of nitriles is 1. The van der Waals surface area contributed by atoms with E-state index in [4.69, 9.17) is 21.6 Å². The number of halogens is 1. The van der Waals surface area contributed by atoms with Crippen molar-refractivity contribution in [2.45, 2.75) is 6.42 Å². The molecule has 0 atom stereocenters. The van der Waals surface area contributed by atoms with Gasteiger partial charge in [-0.25, -0.2) is 0 Å². The van der Waals surface area contributed by atoms with Crippen molar-refractivity contribution in [1.29, 1.82) is 5.26 Å². The van der Waals surface area contributed by atoms with E-state index in [9.17, 15) is 0 Å². The Kier molecular flexibility index (Phi) is 3.53. The number of hydrogen-bond donors (Lipinski definition) is 0. The lowest BCUT2D eigenvalue weighted by molar-refractivity contribution is 0.455. The average Bonchev–Trinajstić information content (AvgIpc) is 2.35. The van der Waals surface area contributed by atoms with Gasteiger partial charge in [0.25, 0.3) is 0 Å². The summed E-state index contributed by atoms with van der Waals surface area (Å²) < 4.78 is 5.45. The zero-order valence-electron chi connectivity index (χ0n) is 8.80. The van der Waals surface area contributed by atoms with Crippen molar-refractivity contribution in [1.82, 2.24) is 10.2 Å². The number of hydrogen-bond acceptors (Lipinski definition) is 4. The minimum Gasteiger partial charge on any atom is -0.438 e. The maximum atomic E-state index is 8.54. The second-order valence-corrected chi connectivity index (χ2v) is 3.66. The Morgan fingerprint density at radius 3 is 2.47 bits per heavy atom. The molecule has 1 aromatic carbocycles. The van der Waals surface area contributed by atoms with E-state index in [0.717, 1.165) is 5.56 Å². The fraction of sp³-hybridized carbons (Fsp3) is 0.0833. The minimum atomic E-state index is 0.321. The van der Waals surface area contributed by atoms with E-state index >= 15 is 0 Å². The molecule has 0 N–H and O–H groups in total. The van der Waals surface area contributed by atoms with Gasteiger partial charge in [0.05, 0.1) is 12.5 Å². The summed E-state index contributed by atoms with van der Waals surface area (Å²) in [6, 6.07) is 12.6. The molecule has 0 aliphatic carbocycles. The molecule has 5 heteroatoms. The Morgan fingerprint density at radius 2 is 1.88 bits per heavy atom. The molecule has 0 fully saturated rings. The molecule has 0 saturated heterocycles. The van der Waals surface area contributed by atoms with Crippen LogP contribution in [0.3, 0.4) is 0 Å². The SMILES string of the molecule is N#CCc1ccc(Oc2ccc(Cl)nn2)cc1. The number of benzene rings is 1. The molecule has 1 aromatic heterocycles. The van der Waals surface area contributed by atoms with Crippen molar-refractivity contribution in [3.8, 4) is 17.7 Å². The number of nitrogens with zero attached hydrogens (tertiary/aromatic N) is 3. The highest BCUT2D eigenvalue weighted by Crippen LogP contribution is 2.19. The Balaban J connectivity index is 2.09. The third-order valence-corrected chi connectivity index (χ3v) is 2.24. The number of ether oxygens (including phenoxy) is 1. The average molecular weight is 246 g/mol. The maximum absolute atomic E-state index is 8.54. The fourth-order valence-electron chi connectivity index (χ4n) is 1.25. The van der Waals surface area contributed by atoms with Crippen molar-refractivity contribution in [2.24, 2.45) is 0 Å². The zero-order chi connectivity index (χ0) is 12.1. The predicted molar refractivity (Wildman–Crippen MR) is 62.9 cm³/mol. The zero-order valence-corrected chi connectivity index (χ0v) is 9.55. The molecular weight excluding hydrogens is 238 g/mol. The van der Waals surface area contributed by atoms with Crippen LogP contribution in [0.15, 0.2) is 36.4 Å². The fourth-order valence-corrected chi connectivity index (χ4v) is 1.35. The summed E-state index contributed by atoms with van der Waals surface area (Å²) in [4.78, 5) is 0. The second-order valence-electron chi connectivity index (χ2n) is 3.28. The van der Waals surface area contributed by atoms with Gasteiger partial charge in [0.1, 0.15) is 5.75 Å². The molecule has 17 heavy (non-hydrogen) atoms. The van der Waals surface area contributed by atoms with Crippen LogP contribution in [0, 0.1) is 11.3 Å². The summed E-state index contributed by atoms with van der Waals surface area (Å²) >= 11 is 5.61. The third-order valence-electron chi connectivity index (χ3n) is 2.04. The van der Waals surface area contributed by atoms with E-state index in [2.05, 4.69) is 16.3 Å². The molecular formula is C12H8ClN3O. The van der Waals surface area contributed by atoms with Crippen LogP contribution in [0.25, 0.3) is 0 Å². The van der Waals surface area contributed by atoms with Crippen molar-refractivity contribution in [3.05, 3.63) is 47.1 Å². The minimum absolute atomic E-state index is 0.321. The molecule has 0 aliphatic heterocycles. The summed E-state index contributed by atoms with van der Waals surface area (Å²) in [6.45, 7) is 0. The summed E-state index contributed by atoms with van der Waals surface area (Å²) in [7, 11) is 0. The first kappa shape index (κ1) is 11.4. The normalized spacial score (nSPS) is 9.65. The first-order chi connectivity index (χ1) is 8.28. The topological polar surface area (TPSA) is 58.8 Å². The van der Waals surface area contributed by atoms with E-state index in [1.807, 2.05) is 12.1 Å². The molecule has 1 heterocycles. The van der Waals surface area contributed by atoms with Crippen molar-refractivity contribution in [3.63, 3.8) is 0 Å². The van der Waals surface area contributed by atoms with Crippen LogP contribution in [0.5, 0.6) is 11.6 Å². The van der Waals surface area contributed by atoms with Crippen LogP contribution >= 0.6 is 11.6 Å². The molecule has 0 saturated carbocycles. The molecule has 2 aromatic rings. The van der Waals surface area contributed by atoms with E-state index < -0.39 is 0 Å². The molecule has 0 radical (unpaired) electrons. The Morgan fingerprint density at radius 1 is 1.12 bits per heavy atom. The standard InChI is InChI=1S/C12H8ClN3O/c13-11-5-6-12(16-15-11)17-10-3-1-9(2-4-10)7-8-14/h1-6H,7H2. The first-order valence-electron chi connectivity index (χ1n) is 4.91. The van der Waals surface area contributed by atoms with Gasteiger partial charge >= 0.3 is 0 Å². The largest absolute Gasteiger partial charge is 0.438 e. The lowest BCUT2D eigenvalue weighted by atomic mass is 10.2. The molecule has 0 unspecified atom stereocenters. The van der Waals surface area contributed by atoms with E-state index in [1.54, 1.807) is 24.3 Å². The highest BCUT2D eigenvalue weighted by molar-refractivity contribution is 6.29. The van der Waals surface area contributed by atoms with Crippen LogP contribution < -0.4 is 4.74 Å². The third kappa shape index (κ3) is 3.16. The summed E-state index contributed by atoms with van der Waals surface area (Å²) in [5.74, 6) is 1.02. The van der Waals surface area contributed by atoms with Gasteiger partial charge in [0.2, 0.25) is 5.88 Å². The van der Waals surface area contributed by atoms with Crippen LogP contribution in [0.1, 0.15) is 5.56 Å². The molecule has 0 spiro atoms. The smallest absolute Gasteiger partial charge is 0.238 e. The van der Waals surface area contributed by atoms with Gasteiger partial charge in [-0.05, 0) is 23.8 Å². The lowest BCUT2D eigenvalue weighted by Crippen LogP contribution is -1.90. The second kappa shape index (κ2) is 5.28. The van der Waals surface area contributed by atoms with Gasteiger partial charge in [-0.15, -0.1) is 10.2 Å². The van der Waals surface area contributed by atoms with Gasteiger partial charge in [0.15, 0.2) is 5.15 Å². The van der Waals surface area contributed by atoms with Crippen molar-refractivity contribution in [2.75, 3.05) is 0 Å². The van der Waals surface area contributed by atoms with Gasteiger partial charge < -0.3 is 4.74 Å². The Hall–Kier alpha value is -2.12. The monoisotopic (exact) mass is 245 g/mol. The van der Waals surface area contributed by atoms with Crippen LogP contribution in [-0.2, 0) is 6.42 Å². The summed E-state index contributed by atoms with van der Waals surface area (Å²) in [5.41, 5.74) is 0.946. The van der Waals surface area contributed by atoms with Gasteiger partial charge in [0, 0.05) is 6.07 Å². The predicted octanol–water partition coefficient (Wildman–Crippen LogP) is 2.99. The Labute approximate surface area is 103 Å². The molecule has 0 amide bonds. The molecule has 84 valence electrons. The van der Waals surface area contributed by atoms with Crippen LogP contribution in [-0.4, -0.2) is 10.2 Å². The van der Waals surface area contributed by atoms with Gasteiger partial charge in [-0.2, -0.15) is 5.26 Å². The van der Waals surface area contributed by atoms with Crippen molar-refractivity contribution >= 4 is 11.6 Å². The molecule has 0 bridgehead atoms. The Bertz CT molecular complexity index is 531. The van der Waals surface area contributed by atoms with E-state index in [-0.39, 0.29) is 0 Å². The molecule has 0 aliphatic rings. The lowest BCUT2D eigenvalue weighted by Gasteiger charge is -2.04. The van der Waals surface area contributed by atoms with Crippen LogP contribution in [0.4, 0.5) is 0 Å². The highest BCUT2D eigenvalue weighted by atomic mass is 35.5. The van der Waals surface area contributed by atoms with Gasteiger partial charge in [-0.3, -0.25) is 0 Å². The molecule has 2 rings (SSSR count). The van der Waals surface area contributed by atoms with Crippen molar-refractivity contribution < 1.29 is 4.74 Å². The van der Waals surface area contributed by atoms with E-state index in [1.165, 1.54) is 0 Å². The summed E-state index contributed by atoms with van der Waals surface area (Å²) in [5, 5.41) is 16.3. The van der Waals surface area contributed by atoms with Gasteiger partial charge in [-0.1, -0.05) is 23.7 Å². The summed E-state index contributed by atoms with van der Waals surface area (Å²) in [6.07, 6.45) is 0.390. The first-order valence-corrected chi connectivity index (χ1v) is 5.29. The number of rotatable bonds is 3. The molecule has 4 nitrogen and oxygen atoms in total.